The topological polar surface area (TPSA) is 50.3 Å². The van der Waals surface area contributed by atoms with Crippen molar-refractivity contribution in [1.82, 2.24) is 14.7 Å². The van der Waals surface area contributed by atoms with E-state index in [1.807, 2.05) is 18.7 Å². The second kappa shape index (κ2) is 4.66. The zero-order chi connectivity index (χ0) is 12.6. The van der Waals surface area contributed by atoms with Crippen LogP contribution in [-0.2, 0) is 13.6 Å². The molecule has 0 saturated carbocycles. The first-order valence-corrected chi connectivity index (χ1v) is 6.22. The average Bonchev–Trinajstić information content (AvgIpc) is 2.57. The maximum absolute atomic E-state index is 5.84. The maximum atomic E-state index is 5.84. The molecule has 2 N–H and O–H groups in total. The monoisotopic (exact) mass is 237 g/mol. The predicted molar refractivity (Wildman–Crippen MR) is 70.1 cm³/mol. The molecule has 1 aliphatic heterocycles. The zero-order valence-corrected chi connectivity index (χ0v) is 11.3. The molecule has 2 heterocycles. The van der Waals surface area contributed by atoms with Gasteiger partial charge in [0.05, 0.1) is 5.69 Å². The molecule has 96 valence electrons. The van der Waals surface area contributed by atoms with Crippen molar-refractivity contribution < 1.29 is 0 Å². The summed E-state index contributed by atoms with van der Waals surface area (Å²) in [6.07, 6.45) is 0. The first-order chi connectivity index (χ1) is 8.04. The highest BCUT2D eigenvalue weighted by atomic mass is 15.4. The van der Waals surface area contributed by atoms with E-state index in [9.17, 15) is 0 Å². The van der Waals surface area contributed by atoms with E-state index in [1.54, 1.807) is 0 Å². The van der Waals surface area contributed by atoms with Crippen molar-refractivity contribution in [3.05, 3.63) is 11.3 Å². The molecule has 1 aromatic rings. The minimum absolute atomic E-state index is 0.565. The summed E-state index contributed by atoms with van der Waals surface area (Å²) in [5.41, 5.74) is 8.08. The van der Waals surface area contributed by atoms with E-state index in [0.29, 0.717) is 12.6 Å². The summed E-state index contributed by atoms with van der Waals surface area (Å²) in [6.45, 7) is 8.04. The van der Waals surface area contributed by atoms with E-state index in [0.717, 1.165) is 25.3 Å². The van der Waals surface area contributed by atoms with Crippen LogP contribution in [0.1, 0.15) is 18.2 Å². The van der Waals surface area contributed by atoms with Crippen molar-refractivity contribution in [2.24, 2.45) is 12.8 Å². The quantitative estimate of drug-likeness (QED) is 0.805. The number of likely N-dealkylation sites (N-methyl/N-ethyl adjacent to an activating group) is 1. The number of hydrogen-bond acceptors (Lipinski definition) is 4. The number of anilines is 1. The number of nitrogens with zero attached hydrogens (tertiary/aromatic N) is 4. The Labute approximate surface area is 103 Å². The van der Waals surface area contributed by atoms with Crippen LogP contribution in [0.2, 0.25) is 0 Å². The van der Waals surface area contributed by atoms with Gasteiger partial charge in [0, 0.05) is 44.8 Å². The van der Waals surface area contributed by atoms with Gasteiger partial charge in [-0.1, -0.05) is 0 Å². The van der Waals surface area contributed by atoms with Gasteiger partial charge in [-0.2, -0.15) is 5.10 Å². The summed E-state index contributed by atoms with van der Waals surface area (Å²) in [5, 5.41) is 4.48. The van der Waals surface area contributed by atoms with Crippen LogP contribution in [0.3, 0.4) is 0 Å². The Morgan fingerprint density at radius 1 is 1.35 bits per heavy atom. The Morgan fingerprint density at radius 2 is 2.06 bits per heavy atom. The summed E-state index contributed by atoms with van der Waals surface area (Å²) >= 11 is 0. The molecule has 5 heteroatoms. The molecule has 17 heavy (non-hydrogen) atoms. The summed E-state index contributed by atoms with van der Waals surface area (Å²) in [5.74, 6) is 1.20. The number of rotatable bonds is 2. The lowest BCUT2D eigenvalue weighted by Crippen LogP contribution is -2.50. The normalized spacial score (nSPS) is 22.2. The predicted octanol–water partition coefficient (Wildman–Crippen LogP) is 0.328. The van der Waals surface area contributed by atoms with Gasteiger partial charge in [-0.3, -0.25) is 4.68 Å². The van der Waals surface area contributed by atoms with E-state index < -0.39 is 0 Å². The fourth-order valence-corrected chi connectivity index (χ4v) is 2.57. The molecular formula is C12H23N5. The lowest BCUT2D eigenvalue weighted by Gasteiger charge is -2.39. The zero-order valence-electron chi connectivity index (χ0n) is 11.3. The van der Waals surface area contributed by atoms with E-state index in [4.69, 9.17) is 5.73 Å². The van der Waals surface area contributed by atoms with E-state index >= 15 is 0 Å². The standard InChI is InChI=1S/C12H23N5/c1-9-8-17(6-5-15(9)3)12-11(7-13)10(2)14-16(12)4/h9H,5-8,13H2,1-4H3. The van der Waals surface area contributed by atoms with Crippen LogP contribution in [0, 0.1) is 6.92 Å². The van der Waals surface area contributed by atoms with Crippen LogP contribution in [-0.4, -0.2) is 47.4 Å². The van der Waals surface area contributed by atoms with Gasteiger partial charge in [-0.15, -0.1) is 0 Å². The molecule has 1 atom stereocenters. The SMILES string of the molecule is Cc1nn(C)c(N2CCN(C)C(C)C2)c1CN. The summed E-state index contributed by atoms with van der Waals surface area (Å²) in [4.78, 5) is 4.80. The van der Waals surface area contributed by atoms with Crippen molar-refractivity contribution in [3.8, 4) is 0 Å². The fourth-order valence-electron chi connectivity index (χ4n) is 2.57. The van der Waals surface area contributed by atoms with E-state index in [1.165, 1.54) is 11.4 Å². The Balaban J connectivity index is 2.28. The lowest BCUT2D eigenvalue weighted by atomic mass is 10.1. The van der Waals surface area contributed by atoms with Crippen LogP contribution in [0.4, 0.5) is 5.82 Å². The highest BCUT2D eigenvalue weighted by Gasteiger charge is 2.25. The van der Waals surface area contributed by atoms with Gasteiger partial charge in [0.15, 0.2) is 0 Å². The first kappa shape index (κ1) is 12.4. The van der Waals surface area contributed by atoms with Crippen LogP contribution in [0.15, 0.2) is 0 Å². The second-order valence-corrected chi connectivity index (χ2v) is 4.99. The first-order valence-electron chi connectivity index (χ1n) is 6.22. The highest BCUT2D eigenvalue weighted by Crippen LogP contribution is 2.24. The highest BCUT2D eigenvalue weighted by molar-refractivity contribution is 5.50. The van der Waals surface area contributed by atoms with Crippen molar-refractivity contribution >= 4 is 5.82 Å². The third kappa shape index (κ3) is 2.17. The molecule has 5 nitrogen and oxygen atoms in total. The Bertz CT molecular complexity index is 398. The molecule has 0 amide bonds. The van der Waals surface area contributed by atoms with Crippen LogP contribution in [0.5, 0.6) is 0 Å². The minimum Gasteiger partial charge on any atom is -0.354 e. The molecule has 0 aliphatic carbocycles. The molecule has 0 bridgehead atoms. The summed E-state index contributed by atoms with van der Waals surface area (Å²) < 4.78 is 1.97. The van der Waals surface area contributed by atoms with Crippen molar-refractivity contribution in [2.75, 3.05) is 31.6 Å². The Hall–Kier alpha value is -1.07. The second-order valence-electron chi connectivity index (χ2n) is 4.99. The van der Waals surface area contributed by atoms with Gasteiger partial charge in [0.25, 0.3) is 0 Å². The third-order valence-corrected chi connectivity index (χ3v) is 3.78. The Kier molecular flexibility index (Phi) is 3.40. The third-order valence-electron chi connectivity index (χ3n) is 3.78. The largest absolute Gasteiger partial charge is 0.354 e. The van der Waals surface area contributed by atoms with E-state index in [-0.39, 0.29) is 0 Å². The van der Waals surface area contributed by atoms with Crippen molar-refractivity contribution in [3.63, 3.8) is 0 Å². The lowest BCUT2D eigenvalue weighted by molar-refractivity contribution is 0.232. The average molecular weight is 237 g/mol. The van der Waals surface area contributed by atoms with Gasteiger partial charge < -0.3 is 15.5 Å². The van der Waals surface area contributed by atoms with Gasteiger partial charge in [-0.25, -0.2) is 0 Å². The molecule has 0 spiro atoms. The molecule has 1 aromatic heterocycles. The number of aromatic nitrogens is 2. The minimum atomic E-state index is 0.565. The van der Waals surface area contributed by atoms with E-state index in [2.05, 4.69) is 28.9 Å². The summed E-state index contributed by atoms with van der Waals surface area (Å²) in [6, 6.07) is 0.574. The fraction of sp³-hybridized carbons (Fsp3) is 0.750. The number of hydrogen-bond donors (Lipinski definition) is 1. The molecule has 2 rings (SSSR count). The van der Waals surface area contributed by atoms with Gasteiger partial charge in [-0.05, 0) is 20.9 Å². The molecule has 1 fully saturated rings. The maximum Gasteiger partial charge on any atom is 0.131 e. The molecule has 1 saturated heterocycles. The van der Waals surface area contributed by atoms with Crippen LogP contribution >= 0.6 is 0 Å². The molecule has 1 unspecified atom stereocenters. The molecular weight excluding hydrogens is 214 g/mol. The van der Waals surface area contributed by atoms with Crippen LogP contribution < -0.4 is 10.6 Å². The molecule has 0 aromatic carbocycles. The smallest absolute Gasteiger partial charge is 0.131 e. The van der Waals surface area contributed by atoms with Crippen molar-refractivity contribution in [1.29, 1.82) is 0 Å². The molecule has 0 radical (unpaired) electrons. The van der Waals surface area contributed by atoms with Crippen LogP contribution in [0.25, 0.3) is 0 Å². The number of aryl methyl sites for hydroxylation is 2. The van der Waals surface area contributed by atoms with Gasteiger partial charge in [0.2, 0.25) is 0 Å². The van der Waals surface area contributed by atoms with Gasteiger partial charge >= 0.3 is 0 Å². The number of nitrogens with two attached hydrogens (primary N) is 1. The molecule has 1 aliphatic rings. The van der Waals surface area contributed by atoms with Crippen molar-refractivity contribution in [2.45, 2.75) is 26.4 Å². The Morgan fingerprint density at radius 3 is 2.65 bits per heavy atom. The van der Waals surface area contributed by atoms with Gasteiger partial charge in [0.1, 0.15) is 5.82 Å². The summed E-state index contributed by atoms with van der Waals surface area (Å²) in [7, 11) is 4.19. The number of piperazine rings is 1.